The fourth-order valence-electron chi connectivity index (χ4n) is 1.84. The molecule has 0 bridgehead atoms. The number of halogens is 2. The Hall–Kier alpha value is -2.19. The van der Waals surface area contributed by atoms with Crippen molar-refractivity contribution in [2.75, 3.05) is 0 Å². The van der Waals surface area contributed by atoms with Gasteiger partial charge in [0.25, 0.3) is 0 Å². The second-order valence-corrected chi connectivity index (χ2v) is 4.91. The van der Waals surface area contributed by atoms with Gasteiger partial charge in [-0.25, -0.2) is 9.37 Å². The molecule has 3 aromatic rings. The van der Waals surface area contributed by atoms with Crippen molar-refractivity contribution < 1.29 is 4.39 Å². The van der Waals surface area contributed by atoms with E-state index in [4.69, 9.17) is 5.26 Å². The van der Waals surface area contributed by atoms with Crippen LogP contribution in [0.3, 0.4) is 0 Å². The molecule has 3 nitrogen and oxygen atoms in total. The zero-order valence-electron chi connectivity index (χ0n) is 9.61. The third-order valence-electron chi connectivity index (χ3n) is 2.81. The second kappa shape index (κ2) is 4.48. The number of hydrogen-bond donors (Lipinski definition) is 1. The monoisotopic (exact) mass is 315 g/mol. The van der Waals surface area contributed by atoms with Gasteiger partial charge in [0, 0.05) is 11.6 Å². The number of nitrogens with zero attached hydrogens (tertiary/aromatic N) is 2. The Morgan fingerprint density at radius 3 is 2.63 bits per heavy atom. The molecule has 2 aromatic carbocycles. The second-order valence-electron chi connectivity index (χ2n) is 4.06. The van der Waals surface area contributed by atoms with Gasteiger partial charge in [0.15, 0.2) is 0 Å². The summed E-state index contributed by atoms with van der Waals surface area (Å²) >= 11 is 3.14. The predicted molar refractivity (Wildman–Crippen MR) is 73.9 cm³/mol. The molecule has 0 unspecified atom stereocenters. The molecule has 0 spiro atoms. The number of nitrogens with one attached hydrogen (secondary N) is 1. The molecule has 0 fully saturated rings. The summed E-state index contributed by atoms with van der Waals surface area (Å²) in [6.45, 7) is 0. The van der Waals surface area contributed by atoms with Crippen molar-refractivity contribution in [3.8, 4) is 17.5 Å². The first-order valence-electron chi connectivity index (χ1n) is 5.52. The minimum atomic E-state index is -0.331. The van der Waals surface area contributed by atoms with Crippen molar-refractivity contribution in [3.05, 3.63) is 52.3 Å². The highest BCUT2D eigenvalue weighted by Gasteiger charge is 2.08. The average molecular weight is 316 g/mol. The third-order valence-corrected chi connectivity index (χ3v) is 3.42. The number of aromatic amines is 1. The van der Waals surface area contributed by atoms with Crippen LogP contribution in [0.5, 0.6) is 0 Å². The molecule has 1 N–H and O–H groups in total. The van der Waals surface area contributed by atoms with Crippen LogP contribution in [-0.2, 0) is 0 Å². The van der Waals surface area contributed by atoms with Gasteiger partial charge in [0.1, 0.15) is 11.6 Å². The van der Waals surface area contributed by atoms with Crippen LogP contribution < -0.4 is 0 Å². The zero-order chi connectivity index (χ0) is 13.4. The summed E-state index contributed by atoms with van der Waals surface area (Å²) in [5, 5.41) is 8.75. The van der Waals surface area contributed by atoms with Crippen LogP contribution >= 0.6 is 15.9 Å². The van der Waals surface area contributed by atoms with Gasteiger partial charge in [-0.3, -0.25) is 0 Å². The molecule has 0 saturated heterocycles. The largest absolute Gasteiger partial charge is 0.338 e. The van der Waals surface area contributed by atoms with Crippen molar-refractivity contribution in [1.29, 1.82) is 5.26 Å². The smallest absolute Gasteiger partial charge is 0.139 e. The molecule has 0 aliphatic rings. The summed E-state index contributed by atoms with van der Waals surface area (Å²) in [4.78, 5) is 7.47. The van der Waals surface area contributed by atoms with Crippen molar-refractivity contribution in [2.45, 2.75) is 0 Å². The van der Waals surface area contributed by atoms with Gasteiger partial charge in [-0.2, -0.15) is 5.26 Å². The molecule has 0 atom stereocenters. The zero-order valence-corrected chi connectivity index (χ0v) is 11.2. The SMILES string of the molecule is N#Cc1ccc(-c2nc3cc(Br)c(F)cc3[nH]2)cc1. The predicted octanol–water partition coefficient (Wildman–Crippen LogP) is 4.00. The maximum Gasteiger partial charge on any atom is 0.139 e. The molecule has 0 amide bonds. The summed E-state index contributed by atoms with van der Waals surface area (Å²) in [5.41, 5.74) is 2.77. The summed E-state index contributed by atoms with van der Waals surface area (Å²) in [6, 6.07) is 12.2. The molecular formula is C14H7BrFN3. The Labute approximate surface area is 116 Å². The Kier molecular flexibility index (Phi) is 2.80. The van der Waals surface area contributed by atoms with E-state index in [2.05, 4.69) is 32.0 Å². The molecule has 3 rings (SSSR count). The van der Waals surface area contributed by atoms with Gasteiger partial charge >= 0.3 is 0 Å². The minimum Gasteiger partial charge on any atom is -0.338 e. The number of aromatic nitrogens is 2. The van der Waals surface area contributed by atoms with Crippen LogP contribution in [0.2, 0.25) is 0 Å². The van der Waals surface area contributed by atoms with Crippen LogP contribution in [0.25, 0.3) is 22.4 Å². The fourth-order valence-corrected chi connectivity index (χ4v) is 2.18. The van der Waals surface area contributed by atoms with Gasteiger partial charge in [-0.15, -0.1) is 0 Å². The Morgan fingerprint density at radius 1 is 1.21 bits per heavy atom. The Bertz CT molecular complexity index is 761. The molecule has 0 aliphatic heterocycles. The van der Waals surface area contributed by atoms with Crippen LogP contribution in [-0.4, -0.2) is 9.97 Å². The first kappa shape index (κ1) is 11.9. The fraction of sp³-hybridized carbons (Fsp3) is 0. The van der Waals surface area contributed by atoms with E-state index in [1.807, 2.05) is 12.1 Å². The average Bonchev–Trinajstić information content (AvgIpc) is 2.82. The lowest BCUT2D eigenvalue weighted by molar-refractivity contribution is 0.623. The molecule has 0 radical (unpaired) electrons. The van der Waals surface area contributed by atoms with Crippen molar-refractivity contribution in [2.24, 2.45) is 0 Å². The molecular weight excluding hydrogens is 309 g/mol. The van der Waals surface area contributed by atoms with Gasteiger partial charge in [-0.1, -0.05) is 0 Å². The standard InChI is InChI=1S/C14H7BrFN3/c15-10-5-12-13(6-11(10)16)19-14(18-12)9-3-1-8(7-17)2-4-9/h1-6H,(H,18,19). The molecule has 0 saturated carbocycles. The number of rotatable bonds is 1. The van der Waals surface area contributed by atoms with E-state index in [0.29, 0.717) is 26.9 Å². The van der Waals surface area contributed by atoms with E-state index in [1.165, 1.54) is 6.07 Å². The maximum absolute atomic E-state index is 13.4. The molecule has 0 aliphatic carbocycles. The number of imidazole rings is 1. The first-order valence-corrected chi connectivity index (χ1v) is 6.32. The lowest BCUT2D eigenvalue weighted by atomic mass is 10.1. The summed E-state index contributed by atoms with van der Waals surface area (Å²) in [6.07, 6.45) is 0. The minimum absolute atomic E-state index is 0.331. The van der Waals surface area contributed by atoms with Gasteiger partial charge < -0.3 is 4.98 Å². The highest BCUT2D eigenvalue weighted by molar-refractivity contribution is 9.10. The molecule has 1 heterocycles. The number of hydrogen-bond acceptors (Lipinski definition) is 2. The van der Waals surface area contributed by atoms with Crippen LogP contribution in [0.4, 0.5) is 4.39 Å². The van der Waals surface area contributed by atoms with Crippen LogP contribution in [0, 0.1) is 17.1 Å². The van der Waals surface area contributed by atoms with Gasteiger partial charge in [-0.05, 0) is 46.3 Å². The topological polar surface area (TPSA) is 52.5 Å². The van der Waals surface area contributed by atoms with E-state index in [9.17, 15) is 4.39 Å². The first-order chi connectivity index (χ1) is 9.17. The number of fused-ring (bicyclic) bond motifs is 1. The van der Waals surface area contributed by atoms with E-state index in [-0.39, 0.29) is 5.82 Å². The molecule has 5 heteroatoms. The number of H-pyrrole nitrogens is 1. The van der Waals surface area contributed by atoms with Crippen molar-refractivity contribution in [3.63, 3.8) is 0 Å². The van der Waals surface area contributed by atoms with Gasteiger partial charge in [0.2, 0.25) is 0 Å². The third kappa shape index (κ3) is 2.11. The molecule has 1 aromatic heterocycles. The maximum atomic E-state index is 13.4. The quantitative estimate of drug-likeness (QED) is 0.737. The van der Waals surface area contributed by atoms with Crippen LogP contribution in [0.1, 0.15) is 5.56 Å². The van der Waals surface area contributed by atoms with Gasteiger partial charge in [0.05, 0.1) is 27.1 Å². The van der Waals surface area contributed by atoms with E-state index < -0.39 is 0 Å². The normalized spacial score (nSPS) is 10.6. The highest BCUT2D eigenvalue weighted by Crippen LogP contribution is 2.25. The van der Waals surface area contributed by atoms with Crippen LogP contribution in [0.15, 0.2) is 40.9 Å². The number of nitriles is 1. The van der Waals surface area contributed by atoms with E-state index in [1.54, 1.807) is 18.2 Å². The van der Waals surface area contributed by atoms with E-state index >= 15 is 0 Å². The lowest BCUT2D eigenvalue weighted by Crippen LogP contribution is -1.80. The van der Waals surface area contributed by atoms with Crippen molar-refractivity contribution >= 4 is 27.0 Å². The summed E-state index contributed by atoms with van der Waals surface area (Å²) in [5.74, 6) is 0.319. The lowest BCUT2D eigenvalue weighted by Gasteiger charge is -1.95. The summed E-state index contributed by atoms with van der Waals surface area (Å²) in [7, 11) is 0. The molecule has 92 valence electrons. The Morgan fingerprint density at radius 2 is 1.95 bits per heavy atom. The van der Waals surface area contributed by atoms with E-state index in [0.717, 1.165) is 5.56 Å². The Balaban J connectivity index is 2.12. The summed E-state index contributed by atoms with van der Waals surface area (Å²) < 4.78 is 13.8. The highest BCUT2D eigenvalue weighted by atomic mass is 79.9. The number of benzene rings is 2. The van der Waals surface area contributed by atoms with Crippen molar-refractivity contribution in [1.82, 2.24) is 9.97 Å². The molecule has 19 heavy (non-hydrogen) atoms.